The second kappa shape index (κ2) is 14.0. The minimum absolute atomic E-state index is 0.00835. The minimum atomic E-state index is -0.610. The lowest BCUT2D eigenvalue weighted by Crippen LogP contribution is -2.28. The molecule has 0 saturated carbocycles. The fourth-order valence-corrected chi connectivity index (χ4v) is 5.46. The van der Waals surface area contributed by atoms with E-state index >= 15 is 0 Å². The Morgan fingerprint density at radius 2 is 1.72 bits per heavy atom. The molecule has 0 radical (unpaired) electrons. The number of ether oxygens (including phenoxy) is 2. The molecule has 1 saturated heterocycles. The Morgan fingerprint density at radius 1 is 1.02 bits per heavy atom. The van der Waals surface area contributed by atoms with E-state index < -0.39 is 16.7 Å². The van der Waals surface area contributed by atoms with Crippen LogP contribution in [0.5, 0.6) is 5.75 Å². The van der Waals surface area contributed by atoms with Gasteiger partial charge in [0, 0.05) is 36.2 Å². The first-order valence-electron chi connectivity index (χ1n) is 15.0. The standard InChI is InChI=1S/C35H35N5O6/c1-3-45-35(42)32(25-10-14-30(15-11-25)46-31-16-17-39(21-31)22(2)36)19-23-4-5-24-6-7-27(20-28(24)18-23)33(37)38-34(41)26-8-12-29(13-9-26)40(43)44/h4-15,18,20,31-32,36H,3,16-17,19,21H2,1-2H3,(H2,37,38,41)/t31-,32-/m0/s1. The van der Waals surface area contributed by atoms with E-state index in [0.717, 1.165) is 34.9 Å². The highest BCUT2D eigenvalue weighted by Crippen LogP contribution is 2.28. The number of esters is 1. The van der Waals surface area contributed by atoms with Crippen molar-refractivity contribution in [2.45, 2.75) is 38.7 Å². The largest absolute Gasteiger partial charge is 0.489 e. The van der Waals surface area contributed by atoms with Gasteiger partial charge in [-0.2, -0.15) is 4.99 Å². The molecule has 0 bridgehead atoms. The number of hydrogen-bond acceptors (Lipinski definition) is 7. The van der Waals surface area contributed by atoms with E-state index in [1.165, 1.54) is 24.3 Å². The van der Waals surface area contributed by atoms with Crippen LogP contribution in [0.4, 0.5) is 5.69 Å². The molecule has 0 unspecified atom stereocenters. The van der Waals surface area contributed by atoms with Crippen LogP contribution in [0.15, 0.2) is 89.9 Å². The summed E-state index contributed by atoms with van der Waals surface area (Å²) < 4.78 is 11.6. The van der Waals surface area contributed by atoms with Crippen molar-refractivity contribution in [2.75, 3.05) is 19.7 Å². The molecule has 3 N–H and O–H groups in total. The number of fused-ring (bicyclic) bond motifs is 1. The van der Waals surface area contributed by atoms with Crippen LogP contribution >= 0.6 is 0 Å². The number of likely N-dealkylation sites (tertiary alicyclic amines) is 1. The third-order valence-electron chi connectivity index (χ3n) is 7.96. The van der Waals surface area contributed by atoms with E-state index in [1.54, 1.807) is 19.9 Å². The number of hydrogen-bond donors (Lipinski definition) is 2. The highest BCUT2D eigenvalue weighted by molar-refractivity contribution is 6.10. The molecule has 4 aromatic carbocycles. The number of non-ortho nitro benzene ring substituents is 1. The van der Waals surface area contributed by atoms with Gasteiger partial charge >= 0.3 is 5.97 Å². The Labute approximate surface area is 266 Å². The number of carbonyl (C=O) groups is 2. The van der Waals surface area contributed by atoms with Crippen LogP contribution in [0.3, 0.4) is 0 Å². The topological polar surface area (TPSA) is 161 Å². The molecule has 0 aromatic heterocycles. The van der Waals surface area contributed by atoms with Crippen LogP contribution in [0.2, 0.25) is 0 Å². The Hall–Kier alpha value is -5.58. The van der Waals surface area contributed by atoms with Crippen molar-refractivity contribution in [3.05, 3.63) is 117 Å². The maximum Gasteiger partial charge on any atom is 0.313 e. The van der Waals surface area contributed by atoms with E-state index in [0.29, 0.717) is 30.1 Å². The molecule has 46 heavy (non-hydrogen) atoms. The van der Waals surface area contributed by atoms with Gasteiger partial charge in [0.25, 0.3) is 11.6 Å². The summed E-state index contributed by atoms with van der Waals surface area (Å²) in [5, 5.41) is 20.5. The van der Waals surface area contributed by atoms with Crippen molar-refractivity contribution < 1.29 is 24.0 Å². The lowest BCUT2D eigenvalue weighted by atomic mass is 9.91. The van der Waals surface area contributed by atoms with Crippen LogP contribution in [0.25, 0.3) is 10.8 Å². The molecule has 1 aliphatic heterocycles. The van der Waals surface area contributed by atoms with Crippen molar-refractivity contribution in [2.24, 2.45) is 10.7 Å². The number of nitrogens with one attached hydrogen (secondary N) is 1. The summed E-state index contributed by atoms with van der Waals surface area (Å²) in [7, 11) is 0. The molecule has 1 aliphatic rings. The maximum atomic E-state index is 13.1. The number of aliphatic imine (C=N–C) groups is 1. The zero-order valence-electron chi connectivity index (χ0n) is 25.6. The summed E-state index contributed by atoms with van der Waals surface area (Å²) >= 11 is 0. The Bertz CT molecular complexity index is 1800. The van der Waals surface area contributed by atoms with E-state index in [2.05, 4.69) is 4.99 Å². The van der Waals surface area contributed by atoms with Crippen molar-refractivity contribution in [1.82, 2.24) is 4.90 Å². The lowest BCUT2D eigenvalue weighted by Gasteiger charge is -2.19. The first-order chi connectivity index (χ1) is 22.1. The highest BCUT2D eigenvalue weighted by Gasteiger charge is 2.26. The van der Waals surface area contributed by atoms with Gasteiger partial charge in [-0.05, 0) is 72.5 Å². The molecular weight excluding hydrogens is 586 g/mol. The van der Waals surface area contributed by atoms with Crippen molar-refractivity contribution >= 4 is 40.0 Å². The van der Waals surface area contributed by atoms with Gasteiger partial charge in [-0.15, -0.1) is 0 Å². The Kier molecular flexibility index (Phi) is 9.70. The van der Waals surface area contributed by atoms with Crippen LogP contribution in [-0.2, 0) is 16.0 Å². The van der Waals surface area contributed by atoms with Gasteiger partial charge in [0.15, 0.2) is 0 Å². The molecule has 5 rings (SSSR count). The molecule has 1 fully saturated rings. The smallest absolute Gasteiger partial charge is 0.313 e. The number of benzene rings is 4. The molecule has 4 aromatic rings. The molecule has 236 valence electrons. The van der Waals surface area contributed by atoms with Crippen LogP contribution < -0.4 is 10.5 Å². The number of rotatable bonds is 10. The normalized spacial score (nSPS) is 15.4. The summed E-state index contributed by atoms with van der Waals surface area (Å²) in [6.07, 6.45) is 1.26. The van der Waals surface area contributed by atoms with Gasteiger partial charge in [-0.3, -0.25) is 25.1 Å². The Balaban J connectivity index is 1.33. The quantitative estimate of drug-likeness (QED) is 0.0757. The summed E-state index contributed by atoms with van der Waals surface area (Å²) in [5.74, 6) is -0.204. The zero-order valence-corrected chi connectivity index (χ0v) is 25.6. The highest BCUT2D eigenvalue weighted by atomic mass is 16.6. The predicted octanol–water partition coefficient (Wildman–Crippen LogP) is 5.63. The van der Waals surface area contributed by atoms with Gasteiger partial charge < -0.3 is 20.1 Å². The molecule has 1 amide bonds. The summed E-state index contributed by atoms with van der Waals surface area (Å²) in [5.41, 5.74) is 8.51. The third kappa shape index (κ3) is 7.55. The number of nitro groups is 1. The monoisotopic (exact) mass is 621 g/mol. The maximum absolute atomic E-state index is 13.1. The average Bonchev–Trinajstić information content (AvgIpc) is 3.52. The number of amides is 1. The molecule has 2 atom stereocenters. The number of amidine groups is 2. The van der Waals surface area contributed by atoms with Crippen molar-refractivity contribution in [3.63, 3.8) is 0 Å². The van der Waals surface area contributed by atoms with Gasteiger partial charge in [-0.1, -0.05) is 42.5 Å². The van der Waals surface area contributed by atoms with Crippen molar-refractivity contribution in [1.29, 1.82) is 5.41 Å². The minimum Gasteiger partial charge on any atom is -0.489 e. The van der Waals surface area contributed by atoms with Gasteiger partial charge in [0.2, 0.25) is 0 Å². The average molecular weight is 622 g/mol. The third-order valence-corrected chi connectivity index (χ3v) is 7.96. The molecule has 0 aliphatic carbocycles. The predicted molar refractivity (Wildman–Crippen MR) is 176 cm³/mol. The van der Waals surface area contributed by atoms with Gasteiger partial charge in [-0.25, -0.2) is 0 Å². The SMILES string of the molecule is CCOC(=O)[C@@H](Cc1ccc2ccc(C(N)=NC(=O)c3ccc([N+](=O)[O-])cc3)cc2c1)c1ccc(O[C@H]2CCN(C(C)=N)C2)cc1. The van der Waals surface area contributed by atoms with E-state index in [4.69, 9.17) is 20.6 Å². The number of nitrogens with zero attached hydrogens (tertiary/aromatic N) is 3. The molecule has 0 spiro atoms. The zero-order chi connectivity index (χ0) is 32.8. The fourth-order valence-electron chi connectivity index (χ4n) is 5.46. The van der Waals surface area contributed by atoms with Crippen molar-refractivity contribution in [3.8, 4) is 5.75 Å². The number of nitro benzene ring substituents is 1. The lowest BCUT2D eigenvalue weighted by molar-refractivity contribution is -0.384. The van der Waals surface area contributed by atoms with Crippen LogP contribution in [0, 0.1) is 15.5 Å². The fraction of sp³-hybridized carbons (Fsp3) is 0.257. The number of carbonyl (C=O) groups excluding carboxylic acids is 2. The first-order valence-corrected chi connectivity index (χ1v) is 15.0. The van der Waals surface area contributed by atoms with E-state index in [1.807, 2.05) is 59.5 Å². The van der Waals surface area contributed by atoms with Gasteiger partial charge in [0.1, 0.15) is 17.7 Å². The molecule has 11 heteroatoms. The summed E-state index contributed by atoms with van der Waals surface area (Å²) in [6, 6.07) is 24.1. The van der Waals surface area contributed by atoms with E-state index in [9.17, 15) is 19.7 Å². The summed E-state index contributed by atoms with van der Waals surface area (Å²) in [4.78, 5) is 42.1. The Morgan fingerprint density at radius 3 is 2.37 bits per heavy atom. The van der Waals surface area contributed by atoms with Crippen LogP contribution in [0.1, 0.15) is 53.2 Å². The van der Waals surface area contributed by atoms with Gasteiger partial charge in [0.05, 0.1) is 29.8 Å². The second-order valence-electron chi connectivity index (χ2n) is 11.1. The number of nitrogens with two attached hydrogens (primary N) is 1. The molecule has 1 heterocycles. The molecular formula is C35H35N5O6. The first kappa shape index (κ1) is 31.8. The second-order valence-corrected chi connectivity index (χ2v) is 11.1. The van der Waals surface area contributed by atoms with Crippen LogP contribution in [-0.4, -0.2) is 59.2 Å². The summed E-state index contributed by atoms with van der Waals surface area (Å²) in [6.45, 7) is 5.30. The molecule has 11 nitrogen and oxygen atoms in total. The van der Waals surface area contributed by atoms with E-state index in [-0.39, 0.29) is 35.8 Å².